The quantitative estimate of drug-likeness (QED) is 0.857. The van der Waals surface area contributed by atoms with Crippen LogP contribution in [0, 0.1) is 0 Å². The van der Waals surface area contributed by atoms with E-state index >= 15 is 0 Å². The van der Waals surface area contributed by atoms with Gasteiger partial charge in [0.2, 0.25) is 0 Å². The van der Waals surface area contributed by atoms with Gasteiger partial charge in [0.15, 0.2) is 9.84 Å². The number of aromatic hydroxyl groups is 1. The van der Waals surface area contributed by atoms with E-state index in [0.29, 0.717) is 18.6 Å². The first-order chi connectivity index (χ1) is 9.41. The summed E-state index contributed by atoms with van der Waals surface area (Å²) in [6.45, 7) is 0. The molecule has 1 aliphatic heterocycles. The van der Waals surface area contributed by atoms with E-state index in [1.165, 1.54) is 25.3 Å². The topological polar surface area (TPSA) is 92.7 Å². The zero-order valence-electron chi connectivity index (χ0n) is 11.1. The molecule has 6 nitrogen and oxygen atoms in total. The normalized spacial score (nSPS) is 21.1. The molecule has 7 heteroatoms. The number of sulfone groups is 1. The van der Waals surface area contributed by atoms with Crippen molar-refractivity contribution in [1.82, 2.24) is 5.32 Å². The number of benzene rings is 1. The Morgan fingerprint density at radius 3 is 2.85 bits per heavy atom. The van der Waals surface area contributed by atoms with Gasteiger partial charge in [0.1, 0.15) is 11.5 Å². The summed E-state index contributed by atoms with van der Waals surface area (Å²) < 4.78 is 28.0. The van der Waals surface area contributed by atoms with Crippen LogP contribution in [-0.2, 0) is 9.84 Å². The largest absolute Gasteiger partial charge is 0.507 e. The molecule has 0 radical (unpaired) electrons. The van der Waals surface area contributed by atoms with Crippen molar-refractivity contribution in [2.24, 2.45) is 0 Å². The highest BCUT2D eigenvalue weighted by molar-refractivity contribution is 7.91. The van der Waals surface area contributed by atoms with E-state index in [9.17, 15) is 18.3 Å². The van der Waals surface area contributed by atoms with Crippen LogP contribution in [0.1, 0.15) is 23.2 Å². The molecule has 2 rings (SSSR count). The zero-order valence-corrected chi connectivity index (χ0v) is 11.9. The van der Waals surface area contributed by atoms with Gasteiger partial charge in [-0.25, -0.2) is 8.42 Å². The standard InChI is InChI=1S/C13H17NO5S/c1-19-10-4-5-12(15)11(7-10)13(16)14-9-3-2-6-20(17,18)8-9/h4-5,7,9,15H,2-3,6,8H2,1H3,(H,14,16). The third-order valence-corrected chi connectivity index (χ3v) is 5.07. The molecule has 0 aliphatic carbocycles. The number of amides is 1. The minimum Gasteiger partial charge on any atom is -0.507 e. The molecular formula is C13H17NO5S. The number of hydrogen-bond acceptors (Lipinski definition) is 5. The summed E-state index contributed by atoms with van der Waals surface area (Å²) >= 11 is 0. The number of nitrogens with one attached hydrogen (secondary N) is 1. The lowest BCUT2D eigenvalue weighted by Gasteiger charge is -2.23. The highest BCUT2D eigenvalue weighted by Gasteiger charge is 2.26. The van der Waals surface area contributed by atoms with Gasteiger partial charge >= 0.3 is 0 Å². The van der Waals surface area contributed by atoms with E-state index < -0.39 is 21.8 Å². The van der Waals surface area contributed by atoms with Gasteiger partial charge in [-0.3, -0.25) is 4.79 Å². The Kier molecular flexibility index (Phi) is 4.17. The molecule has 0 spiro atoms. The Morgan fingerprint density at radius 1 is 1.45 bits per heavy atom. The maximum absolute atomic E-state index is 12.1. The van der Waals surface area contributed by atoms with Crippen LogP contribution in [0.2, 0.25) is 0 Å². The fourth-order valence-electron chi connectivity index (χ4n) is 2.22. The van der Waals surface area contributed by atoms with Gasteiger partial charge in [-0.15, -0.1) is 0 Å². The fourth-order valence-corrected chi connectivity index (χ4v) is 3.86. The maximum Gasteiger partial charge on any atom is 0.255 e. The Balaban J connectivity index is 2.12. The highest BCUT2D eigenvalue weighted by atomic mass is 32.2. The molecule has 1 aromatic rings. The van der Waals surface area contributed by atoms with Crippen LogP contribution in [0.15, 0.2) is 18.2 Å². The van der Waals surface area contributed by atoms with Crippen LogP contribution in [0.25, 0.3) is 0 Å². The number of phenols is 1. The SMILES string of the molecule is COc1ccc(O)c(C(=O)NC2CCCS(=O)(=O)C2)c1. The van der Waals surface area contributed by atoms with Crippen LogP contribution >= 0.6 is 0 Å². The Hall–Kier alpha value is -1.76. The summed E-state index contributed by atoms with van der Waals surface area (Å²) in [6, 6.07) is 3.91. The smallest absolute Gasteiger partial charge is 0.255 e. The Labute approximate surface area is 117 Å². The first-order valence-electron chi connectivity index (χ1n) is 6.29. The number of rotatable bonds is 3. The average Bonchev–Trinajstić information content (AvgIpc) is 2.38. The van der Waals surface area contributed by atoms with Crippen molar-refractivity contribution < 1.29 is 23.1 Å². The van der Waals surface area contributed by atoms with Gasteiger partial charge in [-0.2, -0.15) is 0 Å². The minimum atomic E-state index is -3.08. The highest BCUT2D eigenvalue weighted by Crippen LogP contribution is 2.23. The van der Waals surface area contributed by atoms with Gasteiger partial charge in [0, 0.05) is 6.04 Å². The summed E-state index contributed by atoms with van der Waals surface area (Å²) in [5.74, 6) is -0.0950. The molecular weight excluding hydrogens is 282 g/mol. The summed E-state index contributed by atoms with van der Waals surface area (Å²) in [5.41, 5.74) is 0.0762. The molecule has 1 amide bonds. The monoisotopic (exact) mass is 299 g/mol. The summed E-state index contributed by atoms with van der Waals surface area (Å²) in [5, 5.41) is 12.3. The van der Waals surface area contributed by atoms with E-state index in [1.54, 1.807) is 0 Å². The van der Waals surface area contributed by atoms with E-state index in [0.717, 1.165) is 0 Å². The maximum atomic E-state index is 12.1. The molecule has 1 unspecified atom stereocenters. The van der Waals surface area contributed by atoms with Crippen molar-refractivity contribution in [2.45, 2.75) is 18.9 Å². The van der Waals surface area contributed by atoms with E-state index in [4.69, 9.17) is 4.74 Å². The number of methoxy groups -OCH3 is 1. The molecule has 1 heterocycles. The molecule has 110 valence electrons. The van der Waals surface area contributed by atoms with E-state index in [1.807, 2.05) is 0 Å². The lowest BCUT2D eigenvalue weighted by Crippen LogP contribution is -2.43. The van der Waals surface area contributed by atoms with Crippen molar-refractivity contribution in [3.63, 3.8) is 0 Å². The minimum absolute atomic E-state index is 0.0521. The second-order valence-corrected chi connectivity index (χ2v) is 7.04. The molecule has 1 saturated heterocycles. The van der Waals surface area contributed by atoms with E-state index in [-0.39, 0.29) is 22.8 Å². The van der Waals surface area contributed by atoms with Gasteiger partial charge in [-0.05, 0) is 31.0 Å². The van der Waals surface area contributed by atoms with Gasteiger partial charge in [0.05, 0.1) is 24.2 Å². The van der Waals surface area contributed by atoms with Crippen LogP contribution in [-0.4, -0.2) is 44.1 Å². The fraction of sp³-hybridized carbons (Fsp3) is 0.462. The molecule has 1 aliphatic rings. The van der Waals surface area contributed by atoms with Gasteiger partial charge < -0.3 is 15.2 Å². The van der Waals surface area contributed by atoms with Crippen molar-refractivity contribution in [1.29, 1.82) is 0 Å². The zero-order chi connectivity index (χ0) is 14.8. The predicted octanol–water partition coefficient (Wildman–Crippen LogP) is 0.708. The van der Waals surface area contributed by atoms with Gasteiger partial charge in [0.25, 0.3) is 5.91 Å². The van der Waals surface area contributed by atoms with Gasteiger partial charge in [-0.1, -0.05) is 0 Å². The Bertz CT molecular complexity index is 611. The van der Waals surface area contributed by atoms with Crippen LogP contribution in [0.5, 0.6) is 11.5 Å². The third kappa shape index (κ3) is 3.41. The first kappa shape index (κ1) is 14.6. The summed E-state index contributed by atoms with van der Waals surface area (Å²) in [4.78, 5) is 12.1. The number of carbonyl (C=O) groups is 1. The molecule has 20 heavy (non-hydrogen) atoms. The number of carbonyl (C=O) groups excluding carboxylic acids is 1. The second kappa shape index (κ2) is 5.70. The predicted molar refractivity (Wildman–Crippen MR) is 73.8 cm³/mol. The molecule has 1 fully saturated rings. The molecule has 0 saturated carbocycles. The molecule has 1 atom stereocenters. The van der Waals surface area contributed by atoms with Crippen LogP contribution in [0.3, 0.4) is 0 Å². The second-order valence-electron chi connectivity index (χ2n) is 4.81. The summed E-state index contributed by atoms with van der Waals surface area (Å²) in [7, 11) is -1.62. The summed E-state index contributed by atoms with van der Waals surface area (Å²) in [6.07, 6.45) is 1.16. The molecule has 0 aromatic heterocycles. The van der Waals surface area contributed by atoms with Crippen LogP contribution < -0.4 is 10.1 Å². The third-order valence-electron chi connectivity index (χ3n) is 3.25. The van der Waals surface area contributed by atoms with Crippen molar-refractivity contribution >= 4 is 15.7 Å². The van der Waals surface area contributed by atoms with Crippen molar-refractivity contribution in [2.75, 3.05) is 18.6 Å². The first-order valence-corrected chi connectivity index (χ1v) is 8.12. The van der Waals surface area contributed by atoms with Crippen molar-refractivity contribution in [3.8, 4) is 11.5 Å². The lowest BCUT2D eigenvalue weighted by molar-refractivity contribution is 0.0935. The molecule has 2 N–H and O–H groups in total. The number of hydrogen-bond donors (Lipinski definition) is 2. The molecule has 0 bridgehead atoms. The van der Waals surface area contributed by atoms with Crippen molar-refractivity contribution in [3.05, 3.63) is 23.8 Å². The van der Waals surface area contributed by atoms with E-state index in [2.05, 4.69) is 5.32 Å². The number of ether oxygens (including phenoxy) is 1. The Morgan fingerprint density at radius 2 is 2.20 bits per heavy atom. The average molecular weight is 299 g/mol. The lowest BCUT2D eigenvalue weighted by atomic mass is 10.1. The molecule has 1 aromatic carbocycles. The number of phenolic OH excluding ortho intramolecular Hbond substituents is 1. The van der Waals surface area contributed by atoms with Crippen LogP contribution in [0.4, 0.5) is 0 Å².